The Bertz CT molecular complexity index is 378. The molecule has 0 saturated heterocycles. The van der Waals surface area contributed by atoms with Crippen LogP contribution in [-0.4, -0.2) is 42.7 Å². The highest BCUT2D eigenvalue weighted by Crippen LogP contribution is 2.09. The number of guanidine groups is 1. The topological polar surface area (TPSA) is 40.5 Å². The highest BCUT2D eigenvalue weighted by Gasteiger charge is 2.08. The van der Waals surface area contributed by atoms with Gasteiger partial charge in [-0.25, -0.2) is 4.98 Å². The van der Waals surface area contributed by atoms with Crippen LogP contribution in [0.25, 0.3) is 0 Å². The molecular weight excluding hydrogens is 251 g/mol. The van der Waals surface area contributed by atoms with Crippen molar-refractivity contribution in [3.8, 4) is 0 Å². The number of nitrogens with zero attached hydrogens (tertiary/aromatic N) is 3. The number of thiazole rings is 1. The van der Waals surface area contributed by atoms with E-state index in [2.05, 4.69) is 20.7 Å². The van der Waals surface area contributed by atoms with Crippen LogP contribution in [0.3, 0.4) is 0 Å². The molecular formula is C12H21FN4S. The van der Waals surface area contributed by atoms with Gasteiger partial charge in [-0.2, -0.15) is 0 Å². The first-order valence-corrected chi connectivity index (χ1v) is 7.01. The molecule has 1 rings (SSSR count). The van der Waals surface area contributed by atoms with E-state index >= 15 is 0 Å². The van der Waals surface area contributed by atoms with Gasteiger partial charge in [0, 0.05) is 25.5 Å². The van der Waals surface area contributed by atoms with Crippen LogP contribution in [0.5, 0.6) is 0 Å². The largest absolute Gasteiger partial charge is 0.357 e. The summed E-state index contributed by atoms with van der Waals surface area (Å²) in [6.45, 7) is 5.72. The van der Waals surface area contributed by atoms with Gasteiger partial charge in [0.15, 0.2) is 5.96 Å². The number of rotatable bonds is 6. The van der Waals surface area contributed by atoms with Gasteiger partial charge in [0.2, 0.25) is 0 Å². The van der Waals surface area contributed by atoms with E-state index in [-0.39, 0.29) is 6.67 Å². The van der Waals surface area contributed by atoms with Gasteiger partial charge in [-0.15, -0.1) is 11.3 Å². The summed E-state index contributed by atoms with van der Waals surface area (Å²) in [4.78, 5) is 10.8. The minimum absolute atomic E-state index is 0.322. The summed E-state index contributed by atoms with van der Waals surface area (Å²) in [7, 11) is 1.96. The molecule has 1 aromatic heterocycles. The van der Waals surface area contributed by atoms with Gasteiger partial charge in [-0.05, 0) is 20.3 Å². The molecule has 0 fully saturated rings. The SMILES string of the molecule is CCNC(=NCCCF)N(C)Cc1csc(C)n1. The van der Waals surface area contributed by atoms with E-state index < -0.39 is 0 Å². The molecule has 0 aromatic carbocycles. The fourth-order valence-corrected chi connectivity index (χ4v) is 2.12. The van der Waals surface area contributed by atoms with Crippen LogP contribution in [0, 0.1) is 6.92 Å². The zero-order valence-corrected chi connectivity index (χ0v) is 12.1. The summed E-state index contributed by atoms with van der Waals surface area (Å²) < 4.78 is 12.1. The Morgan fingerprint density at radius 1 is 1.61 bits per heavy atom. The Labute approximate surface area is 112 Å². The molecule has 0 amide bonds. The van der Waals surface area contributed by atoms with Gasteiger partial charge in [-0.3, -0.25) is 9.38 Å². The van der Waals surface area contributed by atoms with Crippen molar-refractivity contribution in [1.29, 1.82) is 0 Å². The minimum Gasteiger partial charge on any atom is -0.357 e. The maximum Gasteiger partial charge on any atom is 0.194 e. The standard InChI is InChI=1S/C12H21FN4S/c1-4-14-12(15-7-5-6-13)17(3)8-11-9-18-10(2)16-11/h9H,4-8H2,1-3H3,(H,14,15). The molecule has 0 spiro atoms. The molecule has 0 atom stereocenters. The lowest BCUT2D eigenvalue weighted by Gasteiger charge is -2.21. The molecule has 102 valence electrons. The van der Waals surface area contributed by atoms with Gasteiger partial charge in [0.1, 0.15) is 0 Å². The molecule has 0 aliphatic rings. The van der Waals surface area contributed by atoms with Crippen molar-refractivity contribution >= 4 is 17.3 Å². The first kappa shape index (κ1) is 14.9. The Hall–Kier alpha value is -1.17. The molecule has 1 aromatic rings. The van der Waals surface area contributed by atoms with Crippen molar-refractivity contribution < 1.29 is 4.39 Å². The van der Waals surface area contributed by atoms with Crippen molar-refractivity contribution in [2.75, 3.05) is 26.8 Å². The first-order valence-electron chi connectivity index (χ1n) is 6.13. The second kappa shape index (κ2) is 8.02. The van der Waals surface area contributed by atoms with Crippen molar-refractivity contribution in [2.24, 2.45) is 4.99 Å². The molecule has 18 heavy (non-hydrogen) atoms. The number of hydrogen-bond acceptors (Lipinski definition) is 3. The zero-order valence-electron chi connectivity index (χ0n) is 11.2. The molecule has 1 heterocycles. The summed E-state index contributed by atoms with van der Waals surface area (Å²) in [6, 6.07) is 0. The van der Waals surface area contributed by atoms with E-state index in [4.69, 9.17) is 0 Å². The maximum atomic E-state index is 12.1. The molecule has 6 heteroatoms. The predicted octanol–water partition coefficient (Wildman–Crippen LogP) is 2.21. The van der Waals surface area contributed by atoms with E-state index in [0.717, 1.165) is 23.2 Å². The molecule has 1 N–H and O–H groups in total. The fourth-order valence-electron chi connectivity index (χ4n) is 1.51. The van der Waals surface area contributed by atoms with E-state index in [1.54, 1.807) is 11.3 Å². The van der Waals surface area contributed by atoms with E-state index in [1.165, 1.54) is 0 Å². The number of hydrogen-bond donors (Lipinski definition) is 1. The van der Waals surface area contributed by atoms with Crippen molar-refractivity contribution in [2.45, 2.75) is 26.8 Å². The van der Waals surface area contributed by atoms with Crippen LogP contribution in [-0.2, 0) is 6.54 Å². The smallest absolute Gasteiger partial charge is 0.194 e. The average molecular weight is 272 g/mol. The Kier molecular flexibility index (Phi) is 6.64. The van der Waals surface area contributed by atoms with Gasteiger partial charge in [0.25, 0.3) is 0 Å². The maximum absolute atomic E-state index is 12.1. The number of aryl methyl sites for hydroxylation is 1. The lowest BCUT2D eigenvalue weighted by molar-refractivity contribution is 0.460. The Morgan fingerprint density at radius 3 is 2.94 bits per heavy atom. The van der Waals surface area contributed by atoms with E-state index in [9.17, 15) is 4.39 Å². The van der Waals surface area contributed by atoms with Gasteiger partial charge in [-0.1, -0.05) is 0 Å². The third-order valence-electron chi connectivity index (χ3n) is 2.32. The van der Waals surface area contributed by atoms with Crippen molar-refractivity contribution in [3.05, 3.63) is 16.1 Å². The van der Waals surface area contributed by atoms with Crippen LogP contribution in [0.1, 0.15) is 24.0 Å². The highest BCUT2D eigenvalue weighted by molar-refractivity contribution is 7.09. The van der Waals surface area contributed by atoms with Crippen LogP contribution in [0.2, 0.25) is 0 Å². The Morgan fingerprint density at radius 2 is 2.39 bits per heavy atom. The molecule has 0 aliphatic heterocycles. The number of nitrogens with one attached hydrogen (secondary N) is 1. The van der Waals surface area contributed by atoms with Crippen LogP contribution in [0.4, 0.5) is 4.39 Å². The highest BCUT2D eigenvalue weighted by atomic mass is 32.1. The third kappa shape index (κ3) is 5.00. The van der Waals surface area contributed by atoms with Crippen LogP contribution in [0.15, 0.2) is 10.4 Å². The number of alkyl halides is 1. The lowest BCUT2D eigenvalue weighted by Crippen LogP contribution is -2.38. The predicted molar refractivity (Wildman–Crippen MR) is 74.9 cm³/mol. The monoisotopic (exact) mass is 272 g/mol. The molecule has 0 bridgehead atoms. The summed E-state index contributed by atoms with van der Waals surface area (Å²) >= 11 is 1.65. The average Bonchev–Trinajstić information content (AvgIpc) is 2.74. The summed E-state index contributed by atoms with van der Waals surface area (Å²) in [6.07, 6.45) is 0.471. The number of halogens is 1. The normalized spacial score (nSPS) is 11.7. The molecule has 0 unspecified atom stereocenters. The molecule has 0 aliphatic carbocycles. The van der Waals surface area contributed by atoms with Crippen LogP contribution < -0.4 is 5.32 Å². The lowest BCUT2D eigenvalue weighted by atomic mass is 10.4. The number of aliphatic imine (C=N–C) groups is 1. The third-order valence-corrected chi connectivity index (χ3v) is 3.14. The van der Waals surface area contributed by atoms with Crippen LogP contribution >= 0.6 is 11.3 Å². The first-order chi connectivity index (χ1) is 8.67. The minimum atomic E-state index is -0.322. The second-order valence-corrected chi connectivity index (χ2v) is 5.05. The van der Waals surface area contributed by atoms with E-state index in [0.29, 0.717) is 19.5 Å². The molecule has 0 saturated carbocycles. The van der Waals surface area contributed by atoms with Gasteiger partial charge < -0.3 is 10.2 Å². The summed E-state index contributed by atoms with van der Waals surface area (Å²) in [5.74, 6) is 0.802. The fraction of sp³-hybridized carbons (Fsp3) is 0.667. The van der Waals surface area contributed by atoms with Crippen molar-refractivity contribution in [1.82, 2.24) is 15.2 Å². The number of aromatic nitrogens is 1. The van der Waals surface area contributed by atoms with Gasteiger partial charge in [0.05, 0.1) is 23.9 Å². The van der Waals surface area contributed by atoms with E-state index in [1.807, 2.05) is 25.8 Å². The second-order valence-electron chi connectivity index (χ2n) is 3.99. The summed E-state index contributed by atoms with van der Waals surface area (Å²) in [5.41, 5.74) is 1.04. The Balaban J connectivity index is 2.58. The summed E-state index contributed by atoms with van der Waals surface area (Å²) in [5, 5.41) is 6.32. The quantitative estimate of drug-likeness (QED) is 0.490. The zero-order chi connectivity index (χ0) is 13.4. The van der Waals surface area contributed by atoms with Gasteiger partial charge >= 0.3 is 0 Å². The molecule has 0 radical (unpaired) electrons. The molecule has 4 nitrogen and oxygen atoms in total. The van der Waals surface area contributed by atoms with Crippen molar-refractivity contribution in [3.63, 3.8) is 0 Å².